The molecule has 0 spiro atoms. The van der Waals surface area contributed by atoms with Crippen LogP contribution in [0.3, 0.4) is 0 Å². The van der Waals surface area contributed by atoms with Crippen LogP contribution >= 0.6 is 0 Å². The van der Waals surface area contributed by atoms with E-state index in [0.717, 1.165) is 0 Å². The van der Waals surface area contributed by atoms with Crippen LogP contribution in [0.15, 0.2) is 36.8 Å². The molecule has 3 heterocycles. The number of nitrogens with one attached hydrogen (secondary N) is 2. The SMILES string of the molecule is CC(C)(C)OC(=O)Nc1cnc2nc(-c3cc(NC(=O)N4CC[C@@H](F)C4)ccc3F)cn2c1. The number of hydrogen-bond donors (Lipinski definition) is 2. The number of rotatable bonds is 3. The predicted molar refractivity (Wildman–Crippen MR) is 118 cm³/mol. The molecule has 1 aliphatic rings. The van der Waals surface area contributed by atoms with Gasteiger partial charge < -0.3 is 15.0 Å². The average molecular weight is 458 g/mol. The van der Waals surface area contributed by atoms with Gasteiger partial charge in [0.05, 0.1) is 24.1 Å². The molecule has 3 aromatic rings. The summed E-state index contributed by atoms with van der Waals surface area (Å²) in [6, 6.07) is 3.66. The third kappa shape index (κ3) is 5.36. The van der Waals surface area contributed by atoms with Gasteiger partial charge in [-0.1, -0.05) is 0 Å². The lowest BCUT2D eigenvalue weighted by Crippen LogP contribution is -2.33. The number of carbonyl (C=O) groups is 2. The highest BCUT2D eigenvalue weighted by Crippen LogP contribution is 2.26. The zero-order valence-electron chi connectivity index (χ0n) is 18.4. The minimum absolute atomic E-state index is 0.0393. The van der Waals surface area contributed by atoms with E-state index in [9.17, 15) is 18.4 Å². The van der Waals surface area contributed by atoms with Crippen molar-refractivity contribution in [1.29, 1.82) is 0 Å². The summed E-state index contributed by atoms with van der Waals surface area (Å²) in [6.07, 6.45) is 3.20. The summed E-state index contributed by atoms with van der Waals surface area (Å²) < 4.78 is 34.7. The molecule has 0 saturated carbocycles. The first-order chi connectivity index (χ1) is 15.6. The van der Waals surface area contributed by atoms with Gasteiger partial charge in [0, 0.05) is 30.2 Å². The Morgan fingerprint density at radius 1 is 1.18 bits per heavy atom. The molecule has 1 atom stereocenters. The van der Waals surface area contributed by atoms with Crippen molar-refractivity contribution in [1.82, 2.24) is 19.3 Å². The van der Waals surface area contributed by atoms with Gasteiger partial charge in [0.1, 0.15) is 17.6 Å². The Hall–Kier alpha value is -3.76. The molecule has 1 saturated heterocycles. The number of fused-ring (bicyclic) bond motifs is 1. The highest BCUT2D eigenvalue weighted by Gasteiger charge is 2.26. The zero-order valence-corrected chi connectivity index (χ0v) is 18.4. The summed E-state index contributed by atoms with van der Waals surface area (Å²) in [6.45, 7) is 5.63. The first-order valence-corrected chi connectivity index (χ1v) is 10.4. The highest BCUT2D eigenvalue weighted by atomic mass is 19.1. The minimum atomic E-state index is -1.03. The monoisotopic (exact) mass is 458 g/mol. The Kier molecular flexibility index (Phi) is 5.88. The molecular formula is C22H24F2N6O3. The number of ether oxygens (including phenoxy) is 1. The molecule has 0 bridgehead atoms. The van der Waals surface area contributed by atoms with E-state index >= 15 is 0 Å². The van der Waals surface area contributed by atoms with E-state index < -0.39 is 29.7 Å². The van der Waals surface area contributed by atoms with Crippen molar-refractivity contribution < 1.29 is 23.1 Å². The number of nitrogens with zero attached hydrogens (tertiary/aromatic N) is 4. The molecule has 0 radical (unpaired) electrons. The van der Waals surface area contributed by atoms with E-state index in [4.69, 9.17) is 4.74 Å². The maximum Gasteiger partial charge on any atom is 0.412 e. The van der Waals surface area contributed by atoms with Crippen LogP contribution < -0.4 is 10.6 Å². The van der Waals surface area contributed by atoms with Gasteiger partial charge in [-0.2, -0.15) is 0 Å². The fourth-order valence-corrected chi connectivity index (χ4v) is 3.40. The number of halogens is 2. The normalized spacial score (nSPS) is 16.2. The third-order valence-corrected chi connectivity index (χ3v) is 4.87. The fourth-order valence-electron chi connectivity index (χ4n) is 3.40. The molecule has 2 aromatic heterocycles. The largest absolute Gasteiger partial charge is 0.444 e. The molecule has 1 aliphatic heterocycles. The molecule has 3 amide bonds. The lowest BCUT2D eigenvalue weighted by Gasteiger charge is -2.19. The lowest BCUT2D eigenvalue weighted by atomic mass is 10.1. The van der Waals surface area contributed by atoms with E-state index in [1.807, 2.05) is 0 Å². The van der Waals surface area contributed by atoms with E-state index in [1.54, 1.807) is 37.6 Å². The Morgan fingerprint density at radius 3 is 2.67 bits per heavy atom. The summed E-state index contributed by atoms with van der Waals surface area (Å²) >= 11 is 0. The molecule has 174 valence electrons. The molecular weight excluding hydrogens is 434 g/mol. The maximum atomic E-state index is 14.6. The predicted octanol–water partition coefficient (Wildman–Crippen LogP) is 4.46. The second-order valence-electron chi connectivity index (χ2n) is 8.76. The van der Waals surface area contributed by atoms with Crippen molar-refractivity contribution in [3.8, 4) is 11.3 Å². The zero-order chi connectivity index (χ0) is 23.8. The summed E-state index contributed by atoms with van der Waals surface area (Å²) in [4.78, 5) is 34.2. The van der Waals surface area contributed by atoms with E-state index in [-0.39, 0.29) is 17.8 Å². The van der Waals surface area contributed by atoms with E-state index in [2.05, 4.69) is 20.6 Å². The van der Waals surface area contributed by atoms with Crippen molar-refractivity contribution in [2.24, 2.45) is 0 Å². The molecule has 1 aromatic carbocycles. The summed E-state index contributed by atoms with van der Waals surface area (Å²) in [5.41, 5.74) is 0.527. The Labute approximate surface area is 188 Å². The van der Waals surface area contributed by atoms with Gasteiger partial charge >= 0.3 is 12.1 Å². The van der Waals surface area contributed by atoms with Crippen LogP contribution in [0.5, 0.6) is 0 Å². The van der Waals surface area contributed by atoms with Gasteiger partial charge in [0.25, 0.3) is 0 Å². The maximum absolute atomic E-state index is 14.6. The lowest BCUT2D eigenvalue weighted by molar-refractivity contribution is 0.0635. The number of urea groups is 1. The van der Waals surface area contributed by atoms with Gasteiger partial charge in [0.2, 0.25) is 5.78 Å². The Morgan fingerprint density at radius 2 is 1.97 bits per heavy atom. The second-order valence-corrected chi connectivity index (χ2v) is 8.76. The first-order valence-electron chi connectivity index (χ1n) is 10.4. The fraction of sp³-hybridized carbons (Fsp3) is 0.364. The number of anilines is 2. The standard InChI is InChI=1S/C22H24F2N6O3/c1-22(2,3)33-21(32)27-15-9-25-19-28-18(12-30(19)11-15)16-8-14(4-5-17(16)24)26-20(31)29-7-6-13(23)10-29/h4-5,8-9,11-13H,6-7,10H2,1-3H3,(H,26,31)(H,27,32)/t13-/m1/s1. The van der Waals surface area contributed by atoms with Crippen molar-refractivity contribution in [3.05, 3.63) is 42.6 Å². The quantitative estimate of drug-likeness (QED) is 0.604. The van der Waals surface area contributed by atoms with Crippen LogP contribution in [0.4, 0.5) is 29.7 Å². The molecule has 0 aliphatic carbocycles. The van der Waals surface area contributed by atoms with Crippen molar-refractivity contribution in [3.63, 3.8) is 0 Å². The first kappa shape index (κ1) is 22.4. The summed E-state index contributed by atoms with van der Waals surface area (Å²) in [5, 5.41) is 5.25. The number of benzene rings is 1. The smallest absolute Gasteiger partial charge is 0.412 e. The van der Waals surface area contributed by atoms with Crippen LogP contribution in [-0.2, 0) is 4.74 Å². The number of alkyl halides is 1. The van der Waals surface area contributed by atoms with E-state index in [0.29, 0.717) is 30.1 Å². The summed E-state index contributed by atoms with van der Waals surface area (Å²) in [5.74, 6) is -0.242. The number of carbonyl (C=O) groups excluding carboxylic acids is 2. The number of likely N-dealkylation sites (tertiary alicyclic amines) is 1. The minimum Gasteiger partial charge on any atom is -0.444 e. The van der Waals surface area contributed by atoms with Crippen molar-refractivity contribution >= 4 is 29.3 Å². The molecule has 0 unspecified atom stereocenters. The van der Waals surface area contributed by atoms with Crippen LogP contribution in [-0.4, -0.2) is 56.3 Å². The number of aromatic nitrogens is 3. The van der Waals surface area contributed by atoms with Gasteiger partial charge in [-0.05, 0) is 45.4 Å². The molecule has 2 N–H and O–H groups in total. The van der Waals surface area contributed by atoms with Gasteiger partial charge in [0.15, 0.2) is 0 Å². The molecule has 1 fully saturated rings. The van der Waals surface area contributed by atoms with Crippen LogP contribution in [0.2, 0.25) is 0 Å². The molecule has 11 heteroatoms. The Bertz CT molecular complexity index is 1210. The van der Waals surface area contributed by atoms with Crippen LogP contribution in [0.1, 0.15) is 27.2 Å². The van der Waals surface area contributed by atoms with Crippen molar-refractivity contribution in [2.45, 2.75) is 39.0 Å². The number of hydrogen-bond acceptors (Lipinski definition) is 5. The Balaban J connectivity index is 1.54. The highest BCUT2D eigenvalue weighted by molar-refractivity contribution is 5.90. The molecule has 9 nitrogen and oxygen atoms in total. The molecule has 33 heavy (non-hydrogen) atoms. The van der Waals surface area contributed by atoms with E-state index in [1.165, 1.54) is 29.3 Å². The summed E-state index contributed by atoms with van der Waals surface area (Å²) in [7, 11) is 0. The topological polar surface area (TPSA) is 101 Å². The second kappa shape index (κ2) is 8.64. The average Bonchev–Trinajstić information content (AvgIpc) is 3.33. The van der Waals surface area contributed by atoms with Crippen LogP contribution in [0.25, 0.3) is 17.0 Å². The van der Waals surface area contributed by atoms with Gasteiger partial charge in [-0.3, -0.25) is 9.72 Å². The molecule has 4 rings (SSSR count). The van der Waals surface area contributed by atoms with Gasteiger partial charge in [-0.15, -0.1) is 0 Å². The van der Waals surface area contributed by atoms with Gasteiger partial charge in [-0.25, -0.2) is 28.3 Å². The third-order valence-electron chi connectivity index (χ3n) is 4.87. The number of amides is 3. The number of imidazole rings is 1. The van der Waals surface area contributed by atoms with Crippen molar-refractivity contribution in [2.75, 3.05) is 23.7 Å². The van der Waals surface area contributed by atoms with Crippen LogP contribution in [0, 0.1) is 5.82 Å².